The molecule has 174 valence electrons. The molecule has 1 fully saturated rings. The summed E-state index contributed by atoms with van der Waals surface area (Å²) in [6.45, 7) is 0. The number of aromatic nitrogens is 2. The van der Waals surface area contributed by atoms with E-state index in [4.69, 9.17) is 9.26 Å². The summed E-state index contributed by atoms with van der Waals surface area (Å²) in [7, 11) is 1.50. The Morgan fingerprint density at radius 2 is 1.85 bits per heavy atom. The lowest BCUT2D eigenvalue weighted by molar-refractivity contribution is -0.117. The first-order valence-electron chi connectivity index (χ1n) is 11.4. The second-order valence-corrected chi connectivity index (χ2v) is 8.63. The highest BCUT2D eigenvalue weighted by Gasteiger charge is 2.47. The van der Waals surface area contributed by atoms with E-state index < -0.39 is 23.5 Å². The second kappa shape index (κ2) is 9.13. The average molecular weight is 460 g/mol. The third-order valence-corrected chi connectivity index (χ3v) is 6.68. The number of ether oxygens (including phenoxy) is 1. The van der Waals surface area contributed by atoms with Crippen LogP contribution in [-0.2, 0) is 4.79 Å². The van der Waals surface area contributed by atoms with E-state index >= 15 is 0 Å². The van der Waals surface area contributed by atoms with Crippen LogP contribution in [0.1, 0.15) is 42.5 Å². The molecule has 2 aliphatic rings. The molecule has 5 rings (SSSR count). The van der Waals surface area contributed by atoms with E-state index in [1.54, 1.807) is 23.1 Å². The van der Waals surface area contributed by atoms with Gasteiger partial charge in [-0.1, -0.05) is 36.6 Å². The van der Waals surface area contributed by atoms with Gasteiger partial charge in [0.25, 0.3) is 5.91 Å². The molecule has 1 saturated carbocycles. The van der Waals surface area contributed by atoms with Crippen molar-refractivity contribution in [1.29, 1.82) is 0 Å². The number of amides is 1. The van der Waals surface area contributed by atoms with E-state index in [0.717, 1.165) is 37.7 Å². The number of methoxy groups -OCH3 is 1. The van der Waals surface area contributed by atoms with Gasteiger partial charge < -0.3 is 14.4 Å². The standard InChI is InChI=1S/C26H25N3O5/c1-33-21-12-9-18(15-27-21)24(30)22-23(17-5-3-2-4-6-17)29(26(32)25(22)31)19-10-7-16(8-11-19)20-13-14-34-28-20/h7-15,17,23,31H,2-6H2,1H3. The maximum atomic E-state index is 13.5. The molecule has 0 saturated heterocycles. The van der Waals surface area contributed by atoms with E-state index in [2.05, 4.69) is 10.1 Å². The molecule has 0 bridgehead atoms. The van der Waals surface area contributed by atoms with Gasteiger partial charge >= 0.3 is 0 Å². The third-order valence-electron chi connectivity index (χ3n) is 6.68. The number of carbonyl (C=O) groups excluding carboxylic acids is 2. The molecule has 0 spiro atoms. The summed E-state index contributed by atoms with van der Waals surface area (Å²) in [5, 5.41) is 14.9. The number of ketones is 1. The normalized spacial score (nSPS) is 19.0. The van der Waals surface area contributed by atoms with Crippen molar-refractivity contribution in [2.45, 2.75) is 38.1 Å². The van der Waals surface area contributed by atoms with Crippen LogP contribution in [0, 0.1) is 5.92 Å². The highest BCUT2D eigenvalue weighted by Crippen LogP contribution is 2.41. The Morgan fingerprint density at radius 3 is 2.47 bits per heavy atom. The van der Waals surface area contributed by atoms with Gasteiger partial charge in [-0.3, -0.25) is 14.5 Å². The minimum atomic E-state index is -0.561. The third kappa shape index (κ3) is 3.85. The van der Waals surface area contributed by atoms with Crippen LogP contribution in [0.3, 0.4) is 0 Å². The molecule has 0 radical (unpaired) electrons. The number of pyridine rings is 1. The van der Waals surface area contributed by atoms with Gasteiger partial charge in [-0.05, 0) is 37.0 Å². The van der Waals surface area contributed by atoms with Crippen LogP contribution in [0.4, 0.5) is 5.69 Å². The van der Waals surface area contributed by atoms with Crippen LogP contribution in [0.15, 0.2) is 70.8 Å². The number of hydrogen-bond acceptors (Lipinski definition) is 7. The molecule has 34 heavy (non-hydrogen) atoms. The minimum Gasteiger partial charge on any atom is -0.503 e. The van der Waals surface area contributed by atoms with Gasteiger partial charge in [-0.25, -0.2) is 4.98 Å². The molecule has 1 atom stereocenters. The number of anilines is 1. The molecule has 1 aliphatic carbocycles. The van der Waals surface area contributed by atoms with Crippen LogP contribution in [-0.4, -0.2) is 40.1 Å². The van der Waals surface area contributed by atoms with E-state index in [1.165, 1.54) is 19.6 Å². The summed E-state index contributed by atoms with van der Waals surface area (Å²) in [5.41, 5.74) is 2.60. The van der Waals surface area contributed by atoms with Crippen molar-refractivity contribution in [2.24, 2.45) is 5.92 Å². The fourth-order valence-corrected chi connectivity index (χ4v) is 4.99. The highest BCUT2D eigenvalue weighted by atomic mass is 16.5. The number of hydrogen-bond donors (Lipinski definition) is 1. The molecule has 1 aromatic carbocycles. The Labute approximate surface area is 196 Å². The lowest BCUT2D eigenvalue weighted by Gasteiger charge is -2.35. The summed E-state index contributed by atoms with van der Waals surface area (Å²) < 4.78 is 10.0. The zero-order chi connectivity index (χ0) is 23.7. The predicted octanol–water partition coefficient (Wildman–Crippen LogP) is 4.74. The van der Waals surface area contributed by atoms with Gasteiger partial charge in [-0.15, -0.1) is 0 Å². The monoisotopic (exact) mass is 459 g/mol. The zero-order valence-corrected chi connectivity index (χ0v) is 18.8. The molecule has 1 aliphatic heterocycles. The summed E-state index contributed by atoms with van der Waals surface area (Å²) in [6.07, 6.45) is 7.87. The lowest BCUT2D eigenvalue weighted by atomic mass is 9.79. The Kier molecular flexibility index (Phi) is 5.88. The number of Topliss-reactive ketones (excluding diaryl/α,β-unsaturated/α-hetero) is 1. The fraction of sp³-hybridized carbons (Fsp3) is 0.308. The number of rotatable bonds is 6. The van der Waals surface area contributed by atoms with Crippen LogP contribution < -0.4 is 9.64 Å². The first-order chi connectivity index (χ1) is 16.6. The quantitative estimate of drug-likeness (QED) is 0.531. The Balaban J connectivity index is 1.53. The van der Waals surface area contributed by atoms with Crippen molar-refractivity contribution in [3.63, 3.8) is 0 Å². The van der Waals surface area contributed by atoms with Crippen LogP contribution in [0.5, 0.6) is 5.88 Å². The van der Waals surface area contributed by atoms with Crippen molar-refractivity contribution in [3.8, 4) is 17.1 Å². The number of nitrogens with zero attached hydrogens (tertiary/aromatic N) is 3. The summed E-state index contributed by atoms with van der Waals surface area (Å²) in [5.74, 6) is -0.984. The molecular formula is C26H25N3O5. The van der Waals surface area contributed by atoms with Crippen molar-refractivity contribution in [2.75, 3.05) is 12.0 Å². The zero-order valence-electron chi connectivity index (χ0n) is 18.8. The number of aliphatic hydroxyl groups excluding tert-OH is 1. The molecule has 3 heterocycles. The molecule has 8 nitrogen and oxygen atoms in total. The van der Waals surface area contributed by atoms with Gasteiger partial charge in [0.2, 0.25) is 5.88 Å². The summed E-state index contributed by atoms with van der Waals surface area (Å²) in [6, 6.07) is 11.7. The largest absolute Gasteiger partial charge is 0.503 e. The number of benzene rings is 1. The SMILES string of the molecule is COc1ccc(C(=O)C2=C(O)C(=O)N(c3ccc(-c4ccon4)cc3)C2C2CCCCC2)cn1. The summed E-state index contributed by atoms with van der Waals surface area (Å²) >= 11 is 0. The minimum absolute atomic E-state index is 0.0720. The van der Waals surface area contributed by atoms with Crippen molar-refractivity contribution < 1.29 is 24.0 Å². The first-order valence-corrected chi connectivity index (χ1v) is 11.4. The maximum absolute atomic E-state index is 13.5. The van der Waals surface area contributed by atoms with Crippen LogP contribution in [0.2, 0.25) is 0 Å². The van der Waals surface area contributed by atoms with Gasteiger partial charge in [0.1, 0.15) is 12.0 Å². The second-order valence-electron chi connectivity index (χ2n) is 8.63. The van der Waals surface area contributed by atoms with Crippen molar-refractivity contribution in [3.05, 3.63) is 71.8 Å². The van der Waals surface area contributed by atoms with Crippen molar-refractivity contribution in [1.82, 2.24) is 10.1 Å². The van der Waals surface area contributed by atoms with E-state index in [-0.39, 0.29) is 11.5 Å². The van der Waals surface area contributed by atoms with E-state index in [0.29, 0.717) is 22.8 Å². The Hall–Kier alpha value is -3.94. The molecule has 1 amide bonds. The van der Waals surface area contributed by atoms with Crippen LogP contribution in [0.25, 0.3) is 11.3 Å². The molecule has 1 unspecified atom stereocenters. The predicted molar refractivity (Wildman–Crippen MR) is 125 cm³/mol. The topological polar surface area (TPSA) is 106 Å². The van der Waals surface area contributed by atoms with Crippen molar-refractivity contribution >= 4 is 17.4 Å². The fourth-order valence-electron chi connectivity index (χ4n) is 4.99. The lowest BCUT2D eigenvalue weighted by Crippen LogP contribution is -2.42. The maximum Gasteiger partial charge on any atom is 0.294 e. The van der Waals surface area contributed by atoms with Gasteiger partial charge in [0.05, 0.1) is 18.7 Å². The molecular weight excluding hydrogens is 434 g/mol. The molecule has 1 N–H and O–H groups in total. The van der Waals surface area contributed by atoms with Gasteiger partial charge in [0.15, 0.2) is 11.5 Å². The number of aliphatic hydroxyl groups is 1. The smallest absolute Gasteiger partial charge is 0.294 e. The molecule has 3 aromatic rings. The first kappa shape index (κ1) is 21.9. The van der Waals surface area contributed by atoms with Gasteiger partial charge in [0, 0.05) is 35.1 Å². The Bertz CT molecular complexity index is 1210. The average Bonchev–Trinajstić information content (AvgIpc) is 3.52. The summed E-state index contributed by atoms with van der Waals surface area (Å²) in [4.78, 5) is 32.6. The highest BCUT2D eigenvalue weighted by molar-refractivity contribution is 6.20. The van der Waals surface area contributed by atoms with E-state index in [1.807, 2.05) is 24.3 Å². The number of carbonyl (C=O) groups is 2. The van der Waals surface area contributed by atoms with E-state index in [9.17, 15) is 14.7 Å². The van der Waals surface area contributed by atoms with Gasteiger partial charge in [-0.2, -0.15) is 0 Å². The molecule has 8 heteroatoms. The Morgan fingerprint density at radius 1 is 1.09 bits per heavy atom. The van der Waals surface area contributed by atoms with Crippen LogP contribution >= 0.6 is 0 Å². The molecule has 2 aromatic heterocycles.